The van der Waals surface area contributed by atoms with Crippen LogP contribution in [0.4, 0.5) is 8.78 Å². The fourth-order valence-electron chi connectivity index (χ4n) is 2.87. The van der Waals surface area contributed by atoms with Gasteiger partial charge in [0.15, 0.2) is 0 Å². The summed E-state index contributed by atoms with van der Waals surface area (Å²) in [5.74, 6) is -0.243. The lowest BCUT2D eigenvalue weighted by atomic mass is 9.90. The first-order valence-corrected chi connectivity index (χ1v) is 6.10. The molecule has 0 aliphatic heterocycles. The molecule has 3 heteroatoms. The Balaban J connectivity index is 2.23. The molecule has 1 aromatic rings. The Morgan fingerprint density at radius 1 is 1.18 bits per heavy atom. The predicted octanol–water partition coefficient (Wildman–Crippen LogP) is 3.41. The molecule has 0 saturated heterocycles. The van der Waals surface area contributed by atoms with Crippen LogP contribution in [-0.2, 0) is 0 Å². The summed E-state index contributed by atoms with van der Waals surface area (Å²) in [6.07, 6.45) is 2.03. The van der Waals surface area contributed by atoms with Crippen molar-refractivity contribution in [3.8, 4) is 0 Å². The van der Waals surface area contributed by atoms with Gasteiger partial charge in [-0.05, 0) is 50.4 Å². The van der Waals surface area contributed by atoms with E-state index in [1.807, 2.05) is 0 Å². The predicted molar refractivity (Wildman–Crippen MR) is 65.0 cm³/mol. The number of hydrogen-bond acceptors (Lipinski definition) is 1. The summed E-state index contributed by atoms with van der Waals surface area (Å²) in [5, 5.41) is 0. The van der Waals surface area contributed by atoms with Gasteiger partial charge in [-0.25, -0.2) is 8.78 Å². The Labute approximate surface area is 101 Å². The van der Waals surface area contributed by atoms with E-state index in [2.05, 4.69) is 25.9 Å². The average Bonchev–Trinajstić information content (AvgIpc) is 2.61. The maximum Gasteiger partial charge on any atom is 0.129 e. The molecule has 94 valence electrons. The summed E-state index contributed by atoms with van der Waals surface area (Å²) >= 11 is 0. The highest BCUT2D eigenvalue weighted by Crippen LogP contribution is 2.41. The van der Waals surface area contributed by atoms with Crippen molar-refractivity contribution in [2.45, 2.75) is 31.7 Å². The van der Waals surface area contributed by atoms with Gasteiger partial charge in [0, 0.05) is 12.1 Å². The van der Waals surface area contributed by atoms with Crippen molar-refractivity contribution in [2.24, 2.45) is 5.92 Å². The Kier molecular flexibility index (Phi) is 3.48. The van der Waals surface area contributed by atoms with Gasteiger partial charge in [-0.15, -0.1) is 0 Å². The van der Waals surface area contributed by atoms with Crippen molar-refractivity contribution in [3.05, 3.63) is 35.4 Å². The third-order valence-corrected chi connectivity index (χ3v) is 3.95. The van der Waals surface area contributed by atoms with E-state index in [4.69, 9.17) is 0 Å². The van der Waals surface area contributed by atoms with Gasteiger partial charge in [0.2, 0.25) is 0 Å². The lowest BCUT2D eigenvalue weighted by molar-refractivity contribution is 0.292. The number of nitrogens with zero attached hydrogens (tertiary/aromatic N) is 1. The van der Waals surface area contributed by atoms with Crippen molar-refractivity contribution >= 4 is 0 Å². The Morgan fingerprint density at radius 2 is 1.88 bits per heavy atom. The second-order valence-corrected chi connectivity index (χ2v) is 5.34. The molecular weight excluding hydrogens is 220 g/mol. The fourth-order valence-corrected chi connectivity index (χ4v) is 2.87. The average molecular weight is 239 g/mol. The zero-order chi connectivity index (χ0) is 12.6. The molecular formula is C14H19F2N. The summed E-state index contributed by atoms with van der Waals surface area (Å²) in [4.78, 5) is 2.19. The van der Waals surface area contributed by atoms with E-state index in [1.165, 1.54) is 6.07 Å². The molecule has 1 fully saturated rings. The van der Waals surface area contributed by atoms with Crippen LogP contribution in [0.15, 0.2) is 18.2 Å². The van der Waals surface area contributed by atoms with Crippen molar-refractivity contribution in [1.29, 1.82) is 0 Å². The number of rotatable bonds is 2. The molecule has 0 bridgehead atoms. The first-order valence-electron chi connectivity index (χ1n) is 6.10. The fraction of sp³-hybridized carbons (Fsp3) is 0.571. The van der Waals surface area contributed by atoms with Crippen molar-refractivity contribution < 1.29 is 8.78 Å². The Morgan fingerprint density at radius 3 is 2.41 bits per heavy atom. The minimum atomic E-state index is -0.499. The lowest BCUT2D eigenvalue weighted by Gasteiger charge is -2.19. The maximum atomic E-state index is 13.8. The standard InChI is InChI=1S/C14H19F2N/c1-9-6-11(17(2)3)8-13(9)12-5-4-10(15)7-14(12)16/h4-5,7,9,11,13H,6,8H2,1-3H3/t9?,11-,13?/m0/s1. The van der Waals surface area contributed by atoms with Crippen LogP contribution >= 0.6 is 0 Å². The van der Waals surface area contributed by atoms with Crippen LogP contribution in [0.25, 0.3) is 0 Å². The van der Waals surface area contributed by atoms with E-state index < -0.39 is 11.6 Å². The summed E-state index contributed by atoms with van der Waals surface area (Å²) in [5.41, 5.74) is 0.670. The van der Waals surface area contributed by atoms with Crippen LogP contribution < -0.4 is 0 Å². The quantitative estimate of drug-likeness (QED) is 0.764. The van der Waals surface area contributed by atoms with Gasteiger partial charge < -0.3 is 4.90 Å². The summed E-state index contributed by atoms with van der Waals surface area (Å²) < 4.78 is 26.6. The molecule has 1 aliphatic carbocycles. The molecule has 0 heterocycles. The van der Waals surface area contributed by atoms with Gasteiger partial charge in [0.05, 0.1) is 0 Å². The smallest absolute Gasteiger partial charge is 0.129 e. The van der Waals surface area contributed by atoms with Crippen molar-refractivity contribution in [3.63, 3.8) is 0 Å². The third-order valence-electron chi connectivity index (χ3n) is 3.95. The second-order valence-electron chi connectivity index (χ2n) is 5.34. The van der Waals surface area contributed by atoms with Crippen LogP contribution in [0.1, 0.15) is 31.2 Å². The minimum absolute atomic E-state index is 0.211. The molecule has 0 spiro atoms. The van der Waals surface area contributed by atoms with Crippen LogP contribution in [0.3, 0.4) is 0 Å². The maximum absolute atomic E-state index is 13.8. The van der Waals surface area contributed by atoms with Gasteiger partial charge in [0.1, 0.15) is 11.6 Å². The van der Waals surface area contributed by atoms with Crippen LogP contribution in [0.2, 0.25) is 0 Å². The normalized spacial score (nSPS) is 28.9. The van der Waals surface area contributed by atoms with Gasteiger partial charge in [-0.3, -0.25) is 0 Å². The van der Waals surface area contributed by atoms with E-state index in [-0.39, 0.29) is 5.92 Å². The minimum Gasteiger partial charge on any atom is -0.306 e. The van der Waals surface area contributed by atoms with E-state index in [1.54, 1.807) is 6.07 Å². The number of hydrogen-bond donors (Lipinski definition) is 0. The summed E-state index contributed by atoms with van der Waals surface area (Å²) in [7, 11) is 4.11. The molecule has 0 amide bonds. The lowest BCUT2D eigenvalue weighted by Crippen LogP contribution is -2.24. The van der Waals surface area contributed by atoms with Gasteiger partial charge >= 0.3 is 0 Å². The van der Waals surface area contributed by atoms with Crippen LogP contribution in [0.5, 0.6) is 0 Å². The molecule has 1 aliphatic rings. The van der Waals surface area contributed by atoms with Gasteiger partial charge in [-0.1, -0.05) is 13.0 Å². The Bertz CT molecular complexity index is 403. The van der Waals surface area contributed by atoms with Crippen molar-refractivity contribution in [2.75, 3.05) is 14.1 Å². The topological polar surface area (TPSA) is 3.24 Å². The van der Waals surface area contributed by atoms with E-state index in [0.29, 0.717) is 17.5 Å². The van der Waals surface area contributed by atoms with Crippen molar-refractivity contribution in [1.82, 2.24) is 4.90 Å². The van der Waals surface area contributed by atoms with E-state index in [0.717, 1.165) is 18.9 Å². The first kappa shape index (κ1) is 12.5. The molecule has 3 atom stereocenters. The van der Waals surface area contributed by atoms with Gasteiger partial charge in [0.25, 0.3) is 0 Å². The molecule has 1 nitrogen and oxygen atoms in total. The third kappa shape index (κ3) is 2.49. The van der Waals surface area contributed by atoms with E-state index >= 15 is 0 Å². The first-order chi connectivity index (χ1) is 7.99. The molecule has 0 aromatic heterocycles. The summed E-state index contributed by atoms with van der Waals surface area (Å²) in [6, 6.07) is 4.45. The van der Waals surface area contributed by atoms with Crippen LogP contribution in [-0.4, -0.2) is 25.0 Å². The molecule has 0 N–H and O–H groups in total. The monoisotopic (exact) mass is 239 g/mol. The SMILES string of the molecule is CC1C[C@H](N(C)C)CC1c1ccc(F)cc1F. The highest BCUT2D eigenvalue weighted by molar-refractivity contribution is 5.25. The zero-order valence-corrected chi connectivity index (χ0v) is 10.6. The number of benzene rings is 1. The largest absolute Gasteiger partial charge is 0.306 e. The number of halogens is 2. The molecule has 1 saturated carbocycles. The molecule has 17 heavy (non-hydrogen) atoms. The van der Waals surface area contributed by atoms with Crippen LogP contribution in [0, 0.1) is 17.6 Å². The molecule has 0 radical (unpaired) electrons. The molecule has 1 aromatic carbocycles. The highest BCUT2D eigenvalue weighted by Gasteiger charge is 2.34. The molecule has 2 rings (SSSR count). The summed E-state index contributed by atoms with van der Waals surface area (Å²) in [6.45, 7) is 2.15. The van der Waals surface area contributed by atoms with Gasteiger partial charge in [-0.2, -0.15) is 0 Å². The van der Waals surface area contributed by atoms with E-state index in [9.17, 15) is 8.78 Å². The second kappa shape index (κ2) is 4.73. The molecule has 2 unspecified atom stereocenters. The highest BCUT2D eigenvalue weighted by atomic mass is 19.1. The zero-order valence-electron chi connectivity index (χ0n) is 10.6. The Hall–Kier alpha value is -0.960.